The number of hydrogen-bond acceptors (Lipinski definition) is 2. The van der Waals surface area contributed by atoms with Crippen molar-refractivity contribution in [1.29, 1.82) is 0 Å². The molecule has 20 heavy (non-hydrogen) atoms. The normalized spacial score (nSPS) is 15.2. The second-order valence-corrected chi connectivity index (χ2v) is 5.33. The third kappa shape index (κ3) is 3.08. The molecule has 3 heteroatoms. The second kappa shape index (κ2) is 6.96. The zero-order valence-electron chi connectivity index (χ0n) is 11.9. The highest BCUT2D eigenvalue weighted by molar-refractivity contribution is 5.87. The van der Waals surface area contributed by atoms with Crippen molar-refractivity contribution in [2.75, 3.05) is 7.11 Å². The molecule has 1 aliphatic rings. The summed E-state index contributed by atoms with van der Waals surface area (Å²) in [6, 6.07) is 13.4. The lowest BCUT2D eigenvalue weighted by Gasteiger charge is -2.16. The Kier molecular flexibility index (Phi) is 5.27. The average molecular weight is 292 g/mol. The number of methoxy groups -OCH3 is 1. The second-order valence-electron chi connectivity index (χ2n) is 5.33. The number of ether oxygens (including phenoxy) is 1. The Morgan fingerprint density at radius 1 is 1.10 bits per heavy atom. The van der Waals surface area contributed by atoms with Crippen molar-refractivity contribution in [2.24, 2.45) is 0 Å². The zero-order valence-corrected chi connectivity index (χ0v) is 12.7. The van der Waals surface area contributed by atoms with Gasteiger partial charge in [-0.1, -0.05) is 43.2 Å². The van der Waals surface area contributed by atoms with Gasteiger partial charge in [0.25, 0.3) is 0 Å². The Bertz CT molecular complexity index is 564. The third-order valence-corrected chi connectivity index (χ3v) is 4.14. The van der Waals surface area contributed by atoms with Crippen molar-refractivity contribution in [3.63, 3.8) is 0 Å². The molecule has 0 amide bonds. The van der Waals surface area contributed by atoms with Gasteiger partial charge in [0, 0.05) is 18.2 Å². The fraction of sp³-hybridized carbons (Fsp3) is 0.412. The summed E-state index contributed by atoms with van der Waals surface area (Å²) in [5, 5.41) is 6.27. The summed E-state index contributed by atoms with van der Waals surface area (Å²) < 4.78 is 5.53. The highest BCUT2D eigenvalue weighted by Crippen LogP contribution is 2.28. The largest absolute Gasteiger partial charge is 0.496 e. The molecule has 3 rings (SSSR count). The summed E-state index contributed by atoms with van der Waals surface area (Å²) in [7, 11) is 1.75. The highest BCUT2D eigenvalue weighted by Gasteiger charge is 2.15. The molecule has 0 saturated heterocycles. The molecule has 0 aliphatic heterocycles. The Morgan fingerprint density at radius 3 is 2.60 bits per heavy atom. The topological polar surface area (TPSA) is 21.3 Å². The lowest BCUT2D eigenvalue weighted by Crippen LogP contribution is -2.25. The quantitative estimate of drug-likeness (QED) is 0.907. The number of benzene rings is 2. The molecule has 0 atom stereocenters. The van der Waals surface area contributed by atoms with Crippen LogP contribution in [0.15, 0.2) is 36.4 Å². The smallest absolute Gasteiger partial charge is 0.123 e. The van der Waals surface area contributed by atoms with Crippen LogP contribution in [-0.4, -0.2) is 13.2 Å². The van der Waals surface area contributed by atoms with Gasteiger partial charge in [-0.05, 0) is 29.7 Å². The zero-order chi connectivity index (χ0) is 13.1. The van der Waals surface area contributed by atoms with Gasteiger partial charge < -0.3 is 10.1 Å². The van der Waals surface area contributed by atoms with Crippen LogP contribution in [0, 0.1) is 0 Å². The molecule has 1 N–H and O–H groups in total. The number of rotatable bonds is 4. The summed E-state index contributed by atoms with van der Waals surface area (Å²) in [4.78, 5) is 0. The molecule has 0 radical (unpaired) electrons. The van der Waals surface area contributed by atoms with Crippen LogP contribution in [0.3, 0.4) is 0 Å². The van der Waals surface area contributed by atoms with E-state index in [0.717, 1.165) is 12.3 Å². The average Bonchev–Trinajstić information content (AvgIpc) is 2.97. The monoisotopic (exact) mass is 291 g/mol. The molecule has 1 aliphatic carbocycles. The molecule has 2 aromatic rings. The van der Waals surface area contributed by atoms with Gasteiger partial charge in [0.05, 0.1) is 7.11 Å². The minimum atomic E-state index is 0. The number of fused-ring (bicyclic) bond motifs is 1. The van der Waals surface area contributed by atoms with Crippen LogP contribution in [0.1, 0.15) is 31.2 Å². The number of hydrogen-bond donors (Lipinski definition) is 1. The highest BCUT2D eigenvalue weighted by atomic mass is 35.5. The molecular formula is C17H22ClNO. The minimum absolute atomic E-state index is 0. The van der Waals surface area contributed by atoms with Gasteiger partial charge in [-0.25, -0.2) is 0 Å². The molecule has 0 bridgehead atoms. The van der Waals surface area contributed by atoms with Crippen molar-refractivity contribution < 1.29 is 4.74 Å². The van der Waals surface area contributed by atoms with Gasteiger partial charge in [-0.3, -0.25) is 0 Å². The molecule has 2 aromatic carbocycles. The first-order valence-corrected chi connectivity index (χ1v) is 7.16. The predicted octanol–water partition coefficient (Wildman–Crippen LogP) is 4.30. The van der Waals surface area contributed by atoms with Crippen LogP contribution >= 0.6 is 12.4 Å². The standard InChI is InChI=1S/C17H21NO.ClH/c1-19-17-11-10-13-6-2-5-9-15(13)16(17)12-18-14-7-3-4-8-14;/h2,5-6,9-11,14,18H,3-4,7-8,12H2,1H3;1H. The molecule has 0 heterocycles. The van der Waals surface area contributed by atoms with Gasteiger partial charge in [0.1, 0.15) is 5.75 Å². The van der Waals surface area contributed by atoms with Crippen molar-refractivity contribution in [3.8, 4) is 5.75 Å². The minimum Gasteiger partial charge on any atom is -0.496 e. The molecule has 1 fully saturated rings. The molecule has 2 nitrogen and oxygen atoms in total. The van der Waals surface area contributed by atoms with E-state index in [0.29, 0.717) is 6.04 Å². The van der Waals surface area contributed by atoms with E-state index >= 15 is 0 Å². The molecule has 108 valence electrons. The Labute approximate surface area is 126 Å². The van der Waals surface area contributed by atoms with Crippen LogP contribution in [0.2, 0.25) is 0 Å². The maximum absolute atomic E-state index is 5.53. The van der Waals surface area contributed by atoms with E-state index in [9.17, 15) is 0 Å². The summed E-state index contributed by atoms with van der Waals surface area (Å²) in [6.45, 7) is 0.898. The maximum Gasteiger partial charge on any atom is 0.123 e. The first kappa shape index (κ1) is 15.1. The number of nitrogens with one attached hydrogen (secondary N) is 1. The van der Waals surface area contributed by atoms with Gasteiger partial charge in [-0.15, -0.1) is 12.4 Å². The Hall–Kier alpha value is -1.25. The van der Waals surface area contributed by atoms with Crippen molar-refractivity contribution >= 4 is 23.2 Å². The fourth-order valence-electron chi connectivity index (χ4n) is 3.07. The van der Waals surface area contributed by atoms with E-state index in [-0.39, 0.29) is 12.4 Å². The van der Waals surface area contributed by atoms with Crippen molar-refractivity contribution in [2.45, 2.75) is 38.3 Å². The van der Waals surface area contributed by atoms with Gasteiger partial charge in [-0.2, -0.15) is 0 Å². The van der Waals surface area contributed by atoms with E-state index in [1.165, 1.54) is 42.0 Å². The summed E-state index contributed by atoms with van der Waals surface area (Å²) in [6.07, 6.45) is 5.36. The summed E-state index contributed by atoms with van der Waals surface area (Å²) in [5.41, 5.74) is 1.28. The maximum atomic E-state index is 5.53. The van der Waals surface area contributed by atoms with Crippen LogP contribution in [0.5, 0.6) is 5.75 Å². The van der Waals surface area contributed by atoms with Crippen molar-refractivity contribution in [1.82, 2.24) is 5.32 Å². The molecule has 0 spiro atoms. The Morgan fingerprint density at radius 2 is 1.85 bits per heavy atom. The van der Waals surface area contributed by atoms with Crippen LogP contribution in [-0.2, 0) is 6.54 Å². The lowest BCUT2D eigenvalue weighted by atomic mass is 10.0. The summed E-state index contributed by atoms with van der Waals surface area (Å²) in [5.74, 6) is 0.990. The predicted molar refractivity (Wildman–Crippen MR) is 86.8 cm³/mol. The van der Waals surface area contributed by atoms with Crippen molar-refractivity contribution in [3.05, 3.63) is 42.0 Å². The Balaban J connectivity index is 0.00000147. The molecule has 1 saturated carbocycles. The van der Waals surface area contributed by atoms with E-state index in [1.807, 2.05) is 0 Å². The molecule has 0 unspecified atom stereocenters. The first-order valence-electron chi connectivity index (χ1n) is 7.16. The van der Waals surface area contributed by atoms with Gasteiger partial charge >= 0.3 is 0 Å². The van der Waals surface area contributed by atoms with Crippen LogP contribution in [0.25, 0.3) is 10.8 Å². The third-order valence-electron chi connectivity index (χ3n) is 4.14. The van der Waals surface area contributed by atoms with Gasteiger partial charge in [0.15, 0.2) is 0 Å². The number of halogens is 1. The van der Waals surface area contributed by atoms with E-state index in [2.05, 4.69) is 41.7 Å². The summed E-state index contributed by atoms with van der Waals surface area (Å²) >= 11 is 0. The first-order chi connectivity index (χ1) is 9.38. The SMILES string of the molecule is COc1ccc2ccccc2c1CNC1CCCC1.Cl. The molecule has 0 aromatic heterocycles. The molecular weight excluding hydrogens is 270 g/mol. The van der Waals surface area contributed by atoms with Crippen LogP contribution in [0.4, 0.5) is 0 Å². The van der Waals surface area contributed by atoms with E-state index in [1.54, 1.807) is 7.11 Å². The van der Waals surface area contributed by atoms with E-state index < -0.39 is 0 Å². The van der Waals surface area contributed by atoms with E-state index in [4.69, 9.17) is 4.74 Å². The van der Waals surface area contributed by atoms with Crippen LogP contribution < -0.4 is 10.1 Å². The lowest BCUT2D eigenvalue weighted by molar-refractivity contribution is 0.406. The fourth-order valence-corrected chi connectivity index (χ4v) is 3.07. The van der Waals surface area contributed by atoms with Gasteiger partial charge in [0.2, 0.25) is 0 Å².